The van der Waals surface area contributed by atoms with Gasteiger partial charge in [-0.25, -0.2) is 0 Å². The highest BCUT2D eigenvalue weighted by Gasteiger charge is 2.14. The van der Waals surface area contributed by atoms with Gasteiger partial charge < -0.3 is 13.7 Å². The monoisotopic (exact) mass is 389 g/mol. The Hall–Kier alpha value is -3.38. The summed E-state index contributed by atoms with van der Waals surface area (Å²) < 4.78 is 16.4. The number of fused-ring (bicyclic) bond motifs is 3. The zero-order valence-electron chi connectivity index (χ0n) is 14.8. The van der Waals surface area contributed by atoms with Gasteiger partial charge in [0.15, 0.2) is 5.76 Å². The van der Waals surface area contributed by atoms with Gasteiger partial charge in [-0.3, -0.25) is 4.79 Å². The number of esters is 1. The molecule has 0 radical (unpaired) electrons. The van der Waals surface area contributed by atoms with Crippen molar-refractivity contribution in [3.05, 3.63) is 77.5 Å². The van der Waals surface area contributed by atoms with E-state index < -0.39 is 0 Å². The van der Waals surface area contributed by atoms with Gasteiger partial charge in [0.05, 0.1) is 4.88 Å². The van der Waals surface area contributed by atoms with Crippen LogP contribution in [0.1, 0.15) is 11.5 Å². The Morgan fingerprint density at radius 2 is 1.96 bits per heavy atom. The number of benzene rings is 2. The SMILES string of the molecule is O=C(Cc1cc2c(ccc3ccccc32)o1)OCc1cc(-c2cccs2)on1. The van der Waals surface area contributed by atoms with Crippen molar-refractivity contribution in [2.45, 2.75) is 13.0 Å². The molecule has 28 heavy (non-hydrogen) atoms. The van der Waals surface area contributed by atoms with Gasteiger partial charge in [0.1, 0.15) is 30.1 Å². The first-order valence-corrected chi connectivity index (χ1v) is 9.69. The molecule has 0 saturated heterocycles. The summed E-state index contributed by atoms with van der Waals surface area (Å²) in [7, 11) is 0. The molecule has 0 atom stereocenters. The Bertz CT molecular complexity index is 1270. The first-order valence-electron chi connectivity index (χ1n) is 8.81. The van der Waals surface area contributed by atoms with Crippen molar-refractivity contribution >= 4 is 39.0 Å². The van der Waals surface area contributed by atoms with E-state index in [0.717, 1.165) is 26.6 Å². The van der Waals surface area contributed by atoms with E-state index in [1.54, 1.807) is 17.4 Å². The molecule has 2 aromatic carbocycles. The van der Waals surface area contributed by atoms with Crippen LogP contribution in [0.4, 0.5) is 0 Å². The number of carbonyl (C=O) groups is 1. The second-order valence-electron chi connectivity index (χ2n) is 6.41. The summed E-state index contributed by atoms with van der Waals surface area (Å²) in [4.78, 5) is 13.2. The lowest BCUT2D eigenvalue weighted by atomic mass is 10.1. The number of aromatic nitrogens is 1. The summed E-state index contributed by atoms with van der Waals surface area (Å²) in [5.74, 6) is 0.880. The number of rotatable bonds is 5. The predicted molar refractivity (Wildman–Crippen MR) is 107 cm³/mol. The quantitative estimate of drug-likeness (QED) is 0.367. The zero-order chi connectivity index (χ0) is 18.9. The zero-order valence-corrected chi connectivity index (χ0v) is 15.6. The van der Waals surface area contributed by atoms with E-state index in [4.69, 9.17) is 13.7 Å². The molecule has 0 aliphatic carbocycles. The molecular formula is C22H15NO4S. The van der Waals surface area contributed by atoms with Crippen molar-refractivity contribution in [2.75, 3.05) is 0 Å². The van der Waals surface area contributed by atoms with E-state index in [9.17, 15) is 4.79 Å². The summed E-state index contributed by atoms with van der Waals surface area (Å²) in [6, 6.07) is 19.6. The molecule has 5 nitrogen and oxygen atoms in total. The van der Waals surface area contributed by atoms with Crippen LogP contribution in [0.5, 0.6) is 0 Å². The third-order valence-electron chi connectivity index (χ3n) is 4.50. The molecule has 5 rings (SSSR count). The largest absolute Gasteiger partial charge is 0.460 e. The molecule has 0 fully saturated rings. The summed E-state index contributed by atoms with van der Waals surface area (Å²) in [6.45, 7) is 0.0663. The van der Waals surface area contributed by atoms with E-state index in [1.807, 2.05) is 53.9 Å². The first-order chi connectivity index (χ1) is 13.8. The maximum absolute atomic E-state index is 12.2. The third kappa shape index (κ3) is 3.18. The highest BCUT2D eigenvalue weighted by molar-refractivity contribution is 7.13. The molecule has 0 aliphatic rings. The number of hydrogen-bond acceptors (Lipinski definition) is 6. The summed E-state index contributed by atoms with van der Waals surface area (Å²) >= 11 is 1.56. The van der Waals surface area contributed by atoms with E-state index in [0.29, 0.717) is 17.2 Å². The van der Waals surface area contributed by atoms with Gasteiger partial charge in [-0.15, -0.1) is 11.3 Å². The van der Waals surface area contributed by atoms with Crippen LogP contribution in [0.25, 0.3) is 32.4 Å². The normalized spacial score (nSPS) is 11.3. The lowest BCUT2D eigenvalue weighted by Gasteiger charge is -2.00. The number of furan rings is 1. The molecule has 0 N–H and O–H groups in total. The average Bonchev–Trinajstić information content (AvgIpc) is 3.45. The Labute approximate surface area is 164 Å². The third-order valence-corrected chi connectivity index (χ3v) is 5.38. The van der Waals surface area contributed by atoms with Crippen LogP contribution in [0.2, 0.25) is 0 Å². The molecule has 0 spiro atoms. The lowest BCUT2D eigenvalue weighted by Crippen LogP contribution is -2.07. The van der Waals surface area contributed by atoms with Gasteiger partial charge in [-0.1, -0.05) is 41.6 Å². The molecule has 0 unspecified atom stereocenters. The molecule has 5 aromatic rings. The van der Waals surface area contributed by atoms with Crippen LogP contribution in [0, 0.1) is 0 Å². The van der Waals surface area contributed by atoms with Crippen molar-refractivity contribution in [2.24, 2.45) is 0 Å². The Kier molecular flexibility index (Phi) is 4.18. The highest BCUT2D eigenvalue weighted by Crippen LogP contribution is 2.28. The number of hydrogen-bond donors (Lipinski definition) is 0. The van der Waals surface area contributed by atoms with E-state index in [-0.39, 0.29) is 19.0 Å². The minimum atomic E-state index is -0.371. The maximum Gasteiger partial charge on any atom is 0.313 e. The molecule has 138 valence electrons. The smallest absolute Gasteiger partial charge is 0.313 e. The summed E-state index contributed by atoms with van der Waals surface area (Å²) in [6.07, 6.45) is 0.0681. The fourth-order valence-corrected chi connectivity index (χ4v) is 3.87. The predicted octanol–water partition coefficient (Wildman–Crippen LogP) is 5.59. The number of ether oxygens (including phenoxy) is 1. The van der Waals surface area contributed by atoms with Gasteiger partial charge in [-0.05, 0) is 34.4 Å². The molecule has 0 aliphatic heterocycles. The van der Waals surface area contributed by atoms with Crippen LogP contribution in [-0.4, -0.2) is 11.1 Å². The molecule has 6 heteroatoms. The number of carbonyl (C=O) groups excluding carboxylic acids is 1. The van der Waals surface area contributed by atoms with Crippen molar-refractivity contribution in [1.29, 1.82) is 0 Å². The van der Waals surface area contributed by atoms with Crippen LogP contribution in [0.3, 0.4) is 0 Å². The van der Waals surface area contributed by atoms with Gasteiger partial charge in [0.2, 0.25) is 0 Å². The van der Waals surface area contributed by atoms with E-state index in [2.05, 4.69) is 11.2 Å². The topological polar surface area (TPSA) is 65.5 Å². The maximum atomic E-state index is 12.2. The molecule has 0 amide bonds. The molecule has 3 heterocycles. The Morgan fingerprint density at radius 1 is 1.04 bits per heavy atom. The fourth-order valence-electron chi connectivity index (χ4n) is 3.19. The molecular weight excluding hydrogens is 374 g/mol. The van der Waals surface area contributed by atoms with Crippen molar-refractivity contribution < 1.29 is 18.5 Å². The standard InChI is InChI=1S/C22H15NO4S/c24-22(25-13-15-10-20(27-23-15)21-6-3-9-28-21)12-16-11-18-17-5-2-1-4-14(17)7-8-19(18)26-16/h1-11H,12-13H2. The molecule has 0 bridgehead atoms. The highest BCUT2D eigenvalue weighted by atomic mass is 32.1. The van der Waals surface area contributed by atoms with Crippen LogP contribution >= 0.6 is 11.3 Å². The van der Waals surface area contributed by atoms with Crippen LogP contribution in [-0.2, 0) is 22.6 Å². The Morgan fingerprint density at radius 3 is 2.86 bits per heavy atom. The minimum absolute atomic E-state index is 0.0663. The first kappa shape index (κ1) is 16.8. The fraction of sp³-hybridized carbons (Fsp3) is 0.0909. The van der Waals surface area contributed by atoms with Crippen molar-refractivity contribution in [3.63, 3.8) is 0 Å². The van der Waals surface area contributed by atoms with Crippen molar-refractivity contribution in [3.8, 4) is 10.6 Å². The van der Waals surface area contributed by atoms with Gasteiger partial charge in [0.25, 0.3) is 0 Å². The van der Waals surface area contributed by atoms with Gasteiger partial charge in [0, 0.05) is 11.5 Å². The van der Waals surface area contributed by atoms with Crippen LogP contribution < -0.4 is 0 Å². The lowest BCUT2D eigenvalue weighted by molar-refractivity contribution is -0.144. The Balaban J connectivity index is 1.27. The second kappa shape index (κ2) is 6.98. The molecule has 3 aromatic heterocycles. The number of thiophene rings is 1. The number of nitrogens with zero attached hydrogens (tertiary/aromatic N) is 1. The van der Waals surface area contributed by atoms with Gasteiger partial charge >= 0.3 is 5.97 Å². The van der Waals surface area contributed by atoms with Gasteiger partial charge in [-0.2, -0.15) is 0 Å². The average molecular weight is 389 g/mol. The van der Waals surface area contributed by atoms with Crippen LogP contribution in [0.15, 0.2) is 75.0 Å². The van der Waals surface area contributed by atoms with E-state index in [1.165, 1.54) is 0 Å². The second-order valence-corrected chi connectivity index (χ2v) is 7.36. The van der Waals surface area contributed by atoms with Crippen molar-refractivity contribution in [1.82, 2.24) is 5.16 Å². The molecule has 0 saturated carbocycles. The van der Waals surface area contributed by atoms with E-state index >= 15 is 0 Å². The summed E-state index contributed by atoms with van der Waals surface area (Å²) in [5.41, 5.74) is 1.34. The minimum Gasteiger partial charge on any atom is -0.460 e. The summed E-state index contributed by atoms with van der Waals surface area (Å²) in [5, 5.41) is 9.16.